The van der Waals surface area contributed by atoms with Gasteiger partial charge in [0.05, 0.1) is 12.1 Å². The molecule has 4 aliphatic rings. The van der Waals surface area contributed by atoms with Crippen molar-refractivity contribution in [1.82, 2.24) is 14.7 Å². The lowest BCUT2D eigenvalue weighted by molar-refractivity contribution is -0.126. The quantitative estimate of drug-likeness (QED) is 0.701. The lowest BCUT2D eigenvalue weighted by atomic mass is 9.53. The van der Waals surface area contributed by atoms with Gasteiger partial charge in [-0.25, -0.2) is 4.98 Å². The van der Waals surface area contributed by atoms with Gasteiger partial charge in [0.2, 0.25) is 5.91 Å². The summed E-state index contributed by atoms with van der Waals surface area (Å²) in [5.74, 6) is 2.72. The van der Waals surface area contributed by atoms with Crippen molar-refractivity contribution in [3.63, 3.8) is 0 Å². The normalized spacial score (nSPS) is 30.8. The third-order valence-corrected chi connectivity index (χ3v) is 8.03. The van der Waals surface area contributed by atoms with Crippen LogP contribution in [0.4, 0.5) is 0 Å². The number of imidazole rings is 1. The Morgan fingerprint density at radius 1 is 1.11 bits per heavy atom. The lowest BCUT2D eigenvalue weighted by Crippen LogP contribution is -2.60. The number of thiazole rings is 1. The molecule has 144 valence electrons. The number of hydrogen-bond donors (Lipinski definition) is 1. The summed E-state index contributed by atoms with van der Waals surface area (Å²) >= 11 is 1.61. The summed E-state index contributed by atoms with van der Waals surface area (Å²) in [5.41, 5.74) is 3.21. The van der Waals surface area contributed by atoms with E-state index in [1.54, 1.807) is 11.3 Å². The predicted molar refractivity (Wildman–Crippen MR) is 111 cm³/mol. The maximum Gasteiger partial charge on any atom is 0.226 e. The minimum atomic E-state index is 0.0884. The lowest BCUT2D eigenvalue weighted by Gasteiger charge is -2.56. The Hall–Kier alpha value is -2.14. The van der Waals surface area contributed by atoms with Gasteiger partial charge < -0.3 is 5.32 Å². The zero-order valence-corrected chi connectivity index (χ0v) is 16.8. The zero-order valence-electron chi connectivity index (χ0n) is 15.9. The molecule has 0 unspecified atom stereocenters. The van der Waals surface area contributed by atoms with E-state index in [9.17, 15) is 4.79 Å². The predicted octanol–water partition coefficient (Wildman–Crippen LogP) is 4.69. The zero-order chi connectivity index (χ0) is 18.7. The van der Waals surface area contributed by atoms with Crippen LogP contribution < -0.4 is 5.32 Å². The van der Waals surface area contributed by atoms with Crippen LogP contribution in [-0.4, -0.2) is 20.8 Å². The van der Waals surface area contributed by atoms with Gasteiger partial charge in [-0.15, -0.1) is 11.3 Å². The topological polar surface area (TPSA) is 46.4 Å². The van der Waals surface area contributed by atoms with Gasteiger partial charge in [-0.3, -0.25) is 9.20 Å². The average molecular weight is 392 g/mol. The maximum atomic E-state index is 13.0. The number of benzene rings is 1. The highest BCUT2D eigenvalue weighted by atomic mass is 32.1. The molecule has 4 fully saturated rings. The summed E-state index contributed by atoms with van der Waals surface area (Å²) < 4.78 is 2.09. The van der Waals surface area contributed by atoms with Gasteiger partial charge in [0.1, 0.15) is 0 Å². The highest BCUT2D eigenvalue weighted by Gasteiger charge is 2.51. The molecule has 0 spiro atoms. The van der Waals surface area contributed by atoms with Crippen LogP contribution in [0.15, 0.2) is 41.9 Å². The van der Waals surface area contributed by atoms with Crippen molar-refractivity contribution in [3.8, 4) is 11.3 Å². The van der Waals surface area contributed by atoms with Crippen molar-refractivity contribution < 1.29 is 4.79 Å². The van der Waals surface area contributed by atoms with Crippen LogP contribution in [0, 0.1) is 17.8 Å². The Morgan fingerprint density at radius 2 is 1.79 bits per heavy atom. The molecule has 4 bridgehead atoms. The Morgan fingerprint density at radius 3 is 2.46 bits per heavy atom. The molecule has 4 saturated carbocycles. The van der Waals surface area contributed by atoms with Crippen LogP contribution >= 0.6 is 11.3 Å². The van der Waals surface area contributed by atoms with Gasteiger partial charge >= 0.3 is 0 Å². The number of nitrogens with one attached hydrogen (secondary N) is 1. The molecule has 1 N–H and O–H groups in total. The standard InChI is InChI=1S/C23H25N3OS/c27-21(25-23-10-15-6-16(11-23)8-17(7-15)12-23)9-19-14-28-22-24-20(13-26(19)22)18-4-2-1-3-5-18/h1-5,13-17H,6-12H2,(H,25,27). The van der Waals surface area contributed by atoms with Crippen LogP contribution in [0.1, 0.15) is 44.2 Å². The molecule has 3 aromatic rings. The fraction of sp³-hybridized carbons (Fsp3) is 0.478. The molecule has 7 rings (SSSR count). The van der Waals surface area contributed by atoms with Crippen LogP contribution in [-0.2, 0) is 11.2 Å². The molecule has 2 aromatic heterocycles. The van der Waals surface area contributed by atoms with E-state index < -0.39 is 0 Å². The van der Waals surface area contributed by atoms with E-state index in [0.717, 1.165) is 39.7 Å². The van der Waals surface area contributed by atoms with Gasteiger partial charge in [0.15, 0.2) is 4.96 Å². The summed E-state index contributed by atoms with van der Waals surface area (Å²) in [5, 5.41) is 5.58. The molecule has 0 saturated heterocycles. The van der Waals surface area contributed by atoms with Gasteiger partial charge in [-0.2, -0.15) is 0 Å². The summed E-state index contributed by atoms with van der Waals surface area (Å²) in [7, 11) is 0. The van der Waals surface area contributed by atoms with Gasteiger partial charge in [-0.1, -0.05) is 30.3 Å². The minimum Gasteiger partial charge on any atom is -0.350 e. The molecule has 0 radical (unpaired) electrons. The number of amides is 1. The summed E-state index contributed by atoms with van der Waals surface area (Å²) in [6, 6.07) is 10.2. The van der Waals surface area contributed by atoms with E-state index in [2.05, 4.69) is 33.4 Å². The van der Waals surface area contributed by atoms with Crippen molar-refractivity contribution >= 4 is 22.2 Å². The summed E-state index contributed by atoms with van der Waals surface area (Å²) in [4.78, 5) is 18.7. The van der Waals surface area contributed by atoms with E-state index >= 15 is 0 Å². The minimum absolute atomic E-state index is 0.0884. The Bertz CT molecular complexity index is 999. The van der Waals surface area contributed by atoms with Crippen molar-refractivity contribution in [1.29, 1.82) is 0 Å². The number of carbonyl (C=O) groups is 1. The second-order valence-electron chi connectivity index (χ2n) is 9.29. The van der Waals surface area contributed by atoms with Crippen LogP contribution in [0.25, 0.3) is 16.2 Å². The molecule has 4 nitrogen and oxygen atoms in total. The third kappa shape index (κ3) is 2.79. The van der Waals surface area contributed by atoms with E-state index in [-0.39, 0.29) is 11.4 Å². The Balaban J connectivity index is 1.21. The number of hydrogen-bond acceptors (Lipinski definition) is 3. The van der Waals surface area contributed by atoms with E-state index in [1.807, 2.05) is 18.2 Å². The number of rotatable bonds is 4. The van der Waals surface area contributed by atoms with Gasteiger partial charge in [-0.05, 0) is 56.3 Å². The van der Waals surface area contributed by atoms with Crippen molar-refractivity contribution in [2.24, 2.45) is 17.8 Å². The fourth-order valence-corrected chi connectivity index (χ4v) is 7.35. The first kappa shape index (κ1) is 16.8. The second kappa shape index (κ2) is 6.18. The molecule has 1 amide bonds. The number of nitrogens with zero attached hydrogens (tertiary/aromatic N) is 2. The van der Waals surface area contributed by atoms with Crippen molar-refractivity contribution in [2.75, 3.05) is 0 Å². The van der Waals surface area contributed by atoms with Gasteiger partial charge in [0, 0.05) is 28.4 Å². The second-order valence-corrected chi connectivity index (χ2v) is 10.1. The molecule has 28 heavy (non-hydrogen) atoms. The van der Waals surface area contributed by atoms with Crippen molar-refractivity contribution in [2.45, 2.75) is 50.5 Å². The number of fused-ring (bicyclic) bond motifs is 1. The third-order valence-electron chi connectivity index (χ3n) is 7.14. The van der Waals surface area contributed by atoms with E-state index in [1.165, 1.54) is 38.5 Å². The Kier molecular flexibility index (Phi) is 3.70. The first-order valence-electron chi connectivity index (χ1n) is 10.5. The van der Waals surface area contributed by atoms with Crippen LogP contribution in [0.3, 0.4) is 0 Å². The van der Waals surface area contributed by atoms with E-state index in [4.69, 9.17) is 4.98 Å². The fourth-order valence-electron chi connectivity index (χ4n) is 6.47. The maximum absolute atomic E-state index is 13.0. The SMILES string of the molecule is O=C(Cc1csc2nc(-c3ccccc3)cn12)NC12CC3CC(CC(C3)C1)C2. The summed E-state index contributed by atoms with van der Waals surface area (Å²) in [6.07, 6.45) is 10.3. The molecule has 1 aromatic carbocycles. The molecule has 5 heteroatoms. The molecule has 0 aliphatic heterocycles. The Labute approximate surface area is 169 Å². The van der Waals surface area contributed by atoms with E-state index in [0.29, 0.717) is 6.42 Å². The summed E-state index contributed by atoms with van der Waals surface area (Å²) in [6.45, 7) is 0. The largest absolute Gasteiger partial charge is 0.350 e. The van der Waals surface area contributed by atoms with Crippen LogP contribution in [0.2, 0.25) is 0 Å². The monoisotopic (exact) mass is 391 g/mol. The number of aromatic nitrogens is 2. The van der Waals surface area contributed by atoms with Gasteiger partial charge in [0.25, 0.3) is 0 Å². The number of carbonyl (C=O) groups excluding carboxylic acids is 1. The highest BCUT2D eigenvalue weighted by Crippen LogP contribution is 2.55. The van der Waals surface area contributed by atoms with Crippen molar-refractivity contribution in [3.05, 3.63) is 47.6 Å². The first-order valence-corrected chi connectivity index (χ1v) is 11.4. The highest BCUT2D eigenvalue weighted by molar-refractivity contribution is 7.15. The first-order chi connectivity index (χ1) is 13.7. The average Bonchev–Trinajstić information content (AvgIpc) is 3.23. The molecular formula is C23H25N3OS. The molecule has 2 heterocycles. The molecule has 0 atom stereocenters. The smallest absolute Gasteiger partial charge is 0.226 e. The van der Waals surface area contributed by atoms with Crippen LogP contribution in [0.5, 0.6) is 0 Å². The molecule has 4 aliphatic carbocycles. The molecular weight excluding hydrogens is 366 g/mol.